The van der Waals surface area contributed by atoms with E-state index in [4.69, 9.17) is 20.9 Å². The van der Waals surface area contributed by atoms with Crippen LogP contribution in [0.1, 0.15) is 0 Å². The number of aromatic nitrogens is 4. The highest BCUT2D eigenvalue weighted by atomic mass is 31.1. The minimum Gasteiger partial charge on any atom is -0.382 e. The van der Waals surface area contributed by atoms with Crippen LogP contribution < -0.4 is 11.5 Å². The van der Waals surface area contributed by atoms with Gasteiger partial charge >= 0.3 is 0 Å². The predicted molar refractivity (Wildman–Crippen MR) is 76.3 cm³/mol. The first kappa shape index (κ1) is 15.1. The van der Waals surface area contributed by atoms with Crippen molar-refractivity contribution in [1.29, 1.82) is 0 Å². The average Bonchev–Trinajstić information content (AvgIpc) is 3.08. The molecule has 3 atom stereocenters. The van der Waals surface area contributed by atoms with Crippen LogP contribution in [0.5, 0.6) is 0 Å². The number of anilines is 2. The molecule has 1 aliphatic rings. The fraction of sp³-hybridized carbons (Fsp3) is 0.500. The lowest BCUT2D eigenvalue weighted by Gasteiger charge is -2.21. The van der Waals surface area contributed by atoms with Crippen molar-refractivity contribution in [1.82, 2.24) is 19.5 Å². The molecular formula is C10H15N6O5P. The molecule has 0 radical (unpaired) electrons. The summed E-state index contributed by atoms with van der Waals surface area (Å²) in [4.78, 5) is 12.0. The standard InChI is InChI=1S/C10H15N6O5P/c11-6-5-7(15-9(12)14-6)16(3-13-5)1-4-2-20-8(21-4)10(17,18)22-19/h3-4,8,17-18H,1-2,22H2,(H4,11,12,14,15)/t4-,8+/m1/s1. The molecule has 1 fully saturated rings. The molecule has 1 aliphatic heterocycles. The third kappa shape index (κ3) is 2.64. The predicted octanol–water partition coefficient (Wildman–Crippen LogP) is -1.87. The molecule has 11 nitrogen and oxygen atoms in total. The highest BCUT2D eigenvalue weighted by Crippen LogP contribution is 2.29. The molecule has 2 aromatic rings. The quantitative estimate of drug-likeness (QED) is 0.367. The largest absolute Gasteiger partial charge is 0.382 e. The molecule has 1 unspecified atom stereocenters. The lowest BCUT2D eigenvalue weighted by atomic mass is 10.4. The van der Waals surface area contributed by atoms with E-state index in [2.05, 4.69) is 15.0 Å². The maximum absolute atomic E-state index is 10.8. The average molecular weight is 330 g/mol. The van der Waals surface area contributed by atoms with Gasteiger partial charge in [-0.05, 0) is 0 Å². The van der Waals surface area contributed by atoms with Crippen LogP contribution in [-0.2, 0) is 20.6 Å². The number of nitrogen functional groups attached to an aromatic ring is 2. The van der Waals surface area contributed by atoms with Crippen molar-refractivity contribution in [2.75, 3.05) is 18.1 Å². The molecule has 0 bridgehead atoms. The lowest BCUT2D eigenvalue weighted by molar-refractivity contribution is -0.237. The van der Waals surface area contributed by atoms with E-state index in [9.17, 15) is 14.8 Å². The summed E-state index contributed by atoms with van der Waals surface area (Å²) in [5.41, 5.74) is 9.64. The summed E-state index contributed by atoms with van der Waals surface area (Å²) in [5.74, 6) is 0.190. The topological polar surface area (TPSA) is 172 Å². The third-order valence-electron chi connectivity index (χ3n) is 3.18. The summed E-state index contributed by atoms with van der Waals surface area (Å²) in [5, 5.41) is 18.9. The Morgan fingerprint density at radius 1 is 1.45 bits per heavy atom. The van der Waals surface area contributed by atoms with Crippen LogP contribution in [0.15, 0.2) is 6.33 Å². The summed E-state index contributed by atoms with van der Waals surface area (Å²) < 4.78 is 22.9. The second kappa shape index (κ2) is 5.45. The minimum absolute atomic E-state index is 0.0212. The molecule has 120 valence electrons. The minimum atomic E-state index is -2.48. The number of ether oxygens (including phenoxy) is 2. The van der Waals surface area contributed by atoms with Gasteiger partial charge in [0.25, 0.3) is 5.53 Å². The first-order valence-electron chi connectivity index (χ1n) is 6.32. The van der Waals surface area contributed by atoms with Crippen LogP contribution in [0.3, 0.4) is 0 Å². The van der Waals surface area contributed by atoms with Gasteiger partial charge in [0.15, 0.2) is 11.5 Å². The first-order valence-corrected chi connectivity index (χ1v) is 7.37. The highest BCUT2D eigenvalue weighted by molar-refractivity contribution is 7.25. The molecule has 0 aliphatic carbocycles. The molecule has 3 rings (SSSR count). The molecule has 2 aromatic heterocycles. The van der Waals surface area contributed by atoms with Crippen LogP contribution in [0.4, 0.5) is 11.8 Å². The van der Waals surface area contributed by atoms with E-state index in [0.717, 1.165) is 0 Å². The van der Waals surface area contributed by atoms with Gasteiger partial charge in [0.05, 0.1) is 19.5 Å². The van der Waals surface area contributed by atoms with Crippen LogP contribution in [0.2, 0.25) is 0 Å². The summed E-state index contributed by atoms with van der Waals surface area (Å²) in [6.07, 6.45) is -0.357. The molecule has 12 heteroatoms. The molecule has 0 saturated carbocycles. The van der Waals surface area contributed by atoms with Crippen LogP contribution in [-0.4, -0.2) is 54.3 Å². The van der Waals surface area contributed by atoms with Gasteiger partial charge in [-0.15, -0.1) is 0 Å². The van der Waals surface area contributed by atoms with Gasteiger partial charge in [0.2, 0.25) is 12.2 Å². The van der Waals surface area contributed by atoms with Gasteiger partial charge in [0, 0.05) is 0 Å². The highest BCUT2D eigenvalue weighted by Gasteiger charge is 2.42. The zero-order chi connectivity index (χ0) is 15.9. The number of fused-ring (bicyclic) bond motifs is 1. The molecule has 0 aromatic carbocycles. The van der Waals surface area contributed by atoms with Crippen LogP contribution in [0.25, 0.3) is 11.2 Å². The second-order valence-electron chi connectivity index (χ2n) is 4.86. The Balaban J connectivity index is 1.79. The van der Waals surface area contributed by atoms with Gasteiger partial charge in [-0.1, -0.05) is 0 Å². The first-order chi connectivity index (χ1) is 10.4. The Bertz CT molecular complexity index is 721. The van der Waals surface area contributed by atoms with Gasteiger partial charge in [-0.3, -0.25) is 0 Å². The Morgan fingerprint density at radius 2 is 2.23 bits per heavy atom. The fourth-order valence-corrected chi connectivity index (χ4v) is 2.44. The molecule has 22 heavy (non-hydrogen) atoms. The molecular weight excluding hydrogens is 315 g/mol. The second-order valence-corrected chi connectivity index (χ2v) is 5.95. The number of nitrogens with zero attached hydrogens (tertiary/aromatic N) is 4. The number of aliphatic hydroxyl groups is 2. The normalized spacial score (nSPS) is 23.0. The Labute approximate surface area is 125 Å². The summed E-state index contributed by atoms with van der Waals surface area (Å²) in [6, 6.07) is 0. The van der Waals surface area contributed by atoms with Crippen molar-refractivity contribution < 1.29 is 24.3 Å². The molecule has 0 amide bonds. The Hall–Kier alpha value is -1.78. The van der Waals surface area contributed by atoms with E-state index < -0.39 is 26.4 Å². The summed E-state index contributed by atoms with van der Waals surface area (Å²) >= 11 is 0. The molecule has 6 N–H and O–H groups in total. The number of hydrogen-bond acceptors (Lipinski definition) is 10. The molecule has 0 spiro atoms. The van der Waals surface area contributed by atoms with Gasteiger partial charge in [-0.2, -0.15) is 9.97 Å². The number of rotatable bonds is 4. The zero-order valence-electron chi connectivity index (χ0n) is 11.3. The molecule has 3 heterocycles. The summed E-state index contributed by atoms with van der Waals surface area (Å²) in [7, 11) is -1.89. The van der Waals surface area contributed by atoms with Crippen molar-refractivity contribution in [2.45, 2.75) is 24.5 Å². The maximum Gasteiger partial charge on any atom is 0.264 e. The Kier molecular flexibility index (Phi) is 3.75. The summed E-state index contributed by atoms with van der Waals surface area (Å²) in [6.45, 7) is 0.371. The van der Waals surface area contributed by atoms with E-state index in [1.54, 1.807) is 4.57 Å². The lowest BCUT2D eigenvalue weighted by Crippen LogP contribution is -2.37. The SMILES string of the molecule is Nc1nc(N)c2ncn(C[C@@H]3CO[C@H](C(O)(O)[PH2]=O)O3)c2n1. The maximum atomic E-state index is 10.8. The molecule has 1 saturated heterocycles. The van der Waals surface area contributed by atoms with E-state index in [0.29, 0.717) is 11.2 Å². The van der Waals surface area contributed by atoms with Gasteiger partial charge in [0.1, 0.15) is 20.1 Å². The van der Waals surface area contributed by atoms with Gasteiger partial charge in [-0.25, -0.2) is 4.98 Å². The van der Waals surface area contributed by atoms with Crippen LogP contribution >= 0.6 is 8.46 Å². The number of hydrogen-bond donors (Lipinski definition) is 4. The van der Waals surface area contributed by atoms with Crippen molar-refractivity contribution in [2.24, 2.45) is 0 Å². The Morgan fingerprint density at radius 3 is 2.95 bits per heavy atom. The van der Waals surface area contributed by atoms with Crippen molar-refractivity contribution in [3.05, 3.63) is 6.33 Å². The van der Waals surface area contributed by atoms with Gasteiger partial charge < -0.3 is 40.3 Å². The van der Waals surface area contributed by atoms with Crippen molar-refractivity contribution in [3.63, 3.8) is 0 Å². The smallest absolute Gasteiger partial charge is 0.264 e. The number of imidazole rings is 1. The van der Waals surface area contributed by atoms with E-state index in [1.165, 1.54) is 6.33 Å². The van der Waals surface area contributed by atoms with Crippen molar-refractivity contribution >= 4 is 31.4 Å². The fourth-order valence-electron chi connectivity index (χ4n) is 2.16. The van der Waals surface area contributed by atoms with E-state index >= 15 is 0 Å². The number of nitrogens with two attached hydrogens (primary N) is 2. The monoisotopic (exact) mass is 330 g/mol. The zero-order valence-corrected chi connectivity index (χ0v) is 12.4. The van der Waals surface area contributed by atoms with Crippen molar-refractivity contribution in [3.8, 4) is 0 Å². The third-order valence-corrected chi connectivity index (χ3v) is 3.80. The van der Waals surface area contributed by atoms with Crippen LogP contribution in [0, 0.1) is 0 Å². The van der Waals surface area contributed by atoms with E-state index in [-0.39, 0.29) is 24.9 Å². The van der Waals surface area contributed by atoms with E-state index in [1.807, 2.05) is 0 Å².